The zero-order valence-electron chi connectivity index (χ0n) is 17.4. The molecule has 2 atom stereocenters. The van der Waals surface area contributed by atoms with E-state index in [4.69, 9.17) is 15.2 Å². The highest BCUT2D eigenvalue weighted by atomic mass is 16.5. The molecule has 5 heteroatoms. The number of piperidine rings is 1. The maximum Gasteiger partial charge on any atom is 0.122 e. The Hall–Kier alpha value is -2.08. The van der Waals surface area contributed by atoms with Gasteiger partial charge in [-0.3, -0.25) is 4.90 Å². The Kier molecular flexibility index (Phi) is 6.09. The molecule has 2 heterocycles. The van der Waals surface area contributed by atoms with E-state index in [9.17, 15) is 5.11 Å². The molecule has 156 valence electrons. The first-order valence-electron chi connectivity index (χ1n) is 10.6. The van der Waals surface area contributed by atoms with Crippen molar-refractivity contribution in [1.82, 2.24) is 4.90 Å². The van der Waals surface area contributed by atoms with E-state index in [1.807, 2.05) is 25.1 Å². The number of ether oxygens (including phenoxy) is 2. The Morgan fingerprint density at radius 3 is 2.52 bits per heavy atom. The van der Waals surface area contributed by atoms with Gasteiger partial charge in [-0.05, 0) is 67.6 Å². The van der Waals surface area contributed by atoms with Crippen LogP contribution in [0.1, 0.15) is 41.2 Å². The number of nitrogens with zero attached hydrogens (tertiary/aromatic N) is 1. The zero-order valence-corrected chi connectivity index (χ0v) is 17.4. The molecule has 2 aliphatic rings. The lowest BCUT2D eigenvalue weighted by Crippen LogP contribution is -2.41. The number of likely N-dealkylation sites (tertiary alicyclic amines) is 1. The highest BCUT2D eigenvalue weighted by Gasteiger charge is 2.35. The van der Waals surface area contributed by atoms with Crippen LogP contribution in [-0.2, 0) is 17.7 Å². The van der Waals surface area contributed by atoms with E-state index in [1.165, 1.54) is 5.56 Å². The molecule has 4 rings (SSSR count). The minimum Gasteiger partial charge on any atom is -0.507 e. The van der Waals surface area contributed by atoms with Crippen LogP contribution in [0.2, 0.25) is 0 Å². The van der Waals surface area contributed by atoms with Crippen molar-refractivity contribution in [2.75, 3.05) is 26.7 Å². The van der Waals surface area contributed by atoms with Gasteiger partial charge in [-0.2, -0.15) is 0 Å². The van der Waals surface area contributed by atoms with Crippen molar-refractivity contribution >= 4 is 0 Å². The molecule has 2 aliphatic heterocycles. The molecule has 0 aromatic heterocycles. The van der Waals surface area contributed by atoms with Crippen molar-refractivity contribution in [2.45, 2.75) is 44.9 Å². The van der Waals surface area contributed by atoms with Gasteiger partial charge in [-0.1, -0.05) is 24.3 Å². The van der Waals surface area contributed by atoms with Crippen LogP contribution in [0.4, 0.5) is 0 Å². The number of nitrogens with two attached hydrogens (primary N) is 1. The molecule has 0 radical (unpaired) electrons. The van der Waals surface area contributed by atoms with Gasteiger partial charge in [0.15, 0.2) is 0 Å². The molecule has 1 fully saturated rings. The van der Waals surface area contributed by atoms with Crippen molar-refractivity contribution in [3.05, 3.63) is 58.7 Å². The molecule has 1 saturated heterocycles. The first-order valence-corrected chi connectivity index (χ1v) is 10.6. The summed E-state index contributed by atoms with van der Waals surface area (Å²) in [5.74, 6) is 1.82. The second-order valence-corrected chi connectivity index (χ2v) is 8.36. The van der Waals surface area contributed by atoms with Gasteiger partial charge in [0.2, 0.25) is 0 Å². The standard InChI is InChI=1S/C24H32N2O3/c1-16-3-8-20-21(24(16)27)13-22(29-23(20)14-25)18-9-11-26(12-10-18)15-17-4-6-19(28-2)7-5-17/h3-8,18,22-23,27H,9-15,25H2,1-2H3. The van der Waals surface area contributed by atoms with E-state index >= 15 is 0 Å². The summed E-state index contributed by atoms with van der Waals surface area (Å²) in [6.07, 6.45) is 3.02. The summed E-state index contributed by atoms with van der Waals surface area (Å²) in [6, 6.07) is 12.4. The number of methoxy groups -OCH3 is 1. The fourth-order valence-corrected chi connectivity index (χ4v) is 4.75. The van der Waals surface area contributed by atoms with Crippen LogP contribution in [0.3, 0.4) is 0 Å². The molecular formula is C24H32N2O3. The fraction of sp³-hybridized carbons (Fsp3) is 0.500. The predicted octanol–water partition coefficient (Wildman–Crippen LogP) is 3.56. The third-order valence-electron chi connectivity index (χ3n) is 6.55. The van der Waals surface area contributed by atoms with Crippen molar-refractivity contribution < 1.29 is 14.6 Å². The normalized spacial score (nSPS) is 23.0. The lowest BCUT2D eigenvalue weighted by molar-refractivity contribution is -0.0651. The molecule has 5 nitrogen and oxygen atoms in total. The lowest BCUT2D eigenvalue weighted by atomic mass is 9.83. The molecule has 0 bridgehead atoms. The minimum absolute atomic E-state index is 0.118. The summed E-state index contributed by atoms with van der Waals surface area (Å²) in [5.41, 5.74) is 10.3. The molecule has 29 heavy (non-hydrogen) atoms. The van der Waals surface area contributed by atoms with Crippen molar-refractivity contribution in [2.24, 2.45) is 11.7 Å². The molecule has 0 amide bonds. The van der Waals surface area contributed by atoms with Crippen LogP contribution in [0, 0.1) is 12.8 Å². The molecular weight excluding hydrogens is 364 g/mol. The third-order valence-corrected chi connectivity index (χ3v) is 6.55. The van der Waals surface area contributed by atoms with Gasteiger partial charge in [0.1, 0.15) is 11.5 Å². The average Bonchev–Trinajstić information content (AvgIpc) is 2.77. The zero-order chi connectivity index (χ0) is 20.4. The van der Waals surface area contributed by atoms with Crippen LogP contribution in [0.5, 0.6) is 11.5 Å². The number of hydrogen-bond donors (Lipinski definition) is 2. The summed E-state index contributed by atoms with van der Waals surface area (Å²) in [4.78, 5) is 2.51. The summed E-state index contributed by atoms with van der Waals surface area (Å²) < 4.78 is 11.7. The topological polar surface area (TPSA) is 68.0 Å². The first kappa shape index (κ1) is 20.2. The van der Waals surface area contributed by atoms with Crippen LogP contribution in [-0.4, -0.2) is 42.9 Å². The Labute approximate surface area is 173 Å². The van der Waals surface area contributed by atoms with Gasteiger partial charge in [-0.25, -0.2) is 0 Å². The van der Waals surface area contributed by atoms with E-state index in [0.29, 0.717) is 18.2 Å². The summed E-state index contributed by atoms with van der Waals surface area (Å²) in [5, 5.41) is 10.6. The summed E-state index contributed by atoms with van der Waals surface area (Å²) in [7, 11) is 1.70. The number of aromatic hydroxyl groups is 1. The van der Waals surface area contributed by atoms with E-state index in [2.05, 4.69) is 23.1 Å². The first-order chi connectivity index (χ1) is 14.1. The number of rotatable bonds is 5. The second kappa shape index (κ2) is 8.74. The SMILES string of the molecule is COc1ccc(CN2CCC(C3Cc4c(ccc(C)c4O)C(CN)O3)CC2)cc1. The smallest absolute Gasteiger partial charge is 0.122 e. The van der Waals surface area contributed by atoms with Crippen molar-refractivity contribution in [1.29, 1.82) is 0 Å². The Balaban J connectivity index is 1.38. The van der Waals surface area contributed by atoms with Crippen LogP contribution in [0.15, 0.2) is 36.4 Å². The molecule has 3 N–H and O–H groups in total. The molecule has 2 aromatic rings. The Morgan fingerprint density at radius 1 is 1.14 bits per heavy atom. The monoisotopic (exact) mass is 396 g/mol. The van der Waals surface area contributed by atoms with Crippen LogP contribution >= 0.6 is 0 Å². The number of benzene rings is 2. The average molecular weight is 397 g/mol. The van der Waals surface area contributed by atoms with Gasteiger partial charge >= 0.3 is 0 Å². The lowest BCUT2D eigenvalue weighted by Gasteiger charge is -2.40. The largest absolute Gasteiger partial charge is 0.507 e. The Morgan fingerprint density at radius 2 is 1.86 bits per heavy atom. The number of aryl methyl sites for hydroxylation is 1. The van der Waals surface area contributed by atoms with Gasteiger partial charge in [0, 0.05) is 25.1 Å². The van der Waals surface area contributed by atoms with Crippen LogP contribution in [0.25, 0.3) is 0 Å². The molecule has 0 saturated carbocycles. The van der Waals surface area contributed by atoms with Gasteiger partial charge in [0.25, 0.3) is 0 Å². The quantitative estimate of drug-likeness (QED) is 0.809. The highest BCUT2D eigenvalue weighted by molar-refractivity contribution is 5.47. The fourth-order valence-electron chi connectivity index (χ4n) is 4.75. The minimum atomic E-state index is -0.118. The van der Waals surface area contributed by atoms with Gasteiger partial charge in [-0.15, -0.1) is 0 Å². The van der Waals surface area contributed by atoms with E-state index < -0.39 is 0 Å². The maximum absolute atomic E-state index is 10.6. The molecule has 0 spiro atoms. The molecule has 2 aromatic carbocycles. The maximum atomic E-state index is 10.6. The van der Waals surface area contributed by atoms with Gasteiger partial charge < -0.3 is 20.3 Å². The second-order valence-electron chi connectivity index (χ2n) is 8.36. The summed E-state index contributed by atoms with van der Waals surface area (Å²) >= 11 is 0. The number of phenolic OH excluding ortho intramolecular Hbond substituents is 1. The van der Waals surface area contributed by atoms with Crippen molar-refractivity contribution in [3.8, 4) is 11.5 Å². The number of hydrogen-bond acceptors (Lipinski definition) is 5. The Bertz CT molecular complexity index is 829. The predicted molar refractivity (Wildman–Crippen MR) is 114 cm³/mol. The molecule has 0 aliphatic carbocycles. The van der Waals surface area contributed by atoms with Crippen molar-refractivity contribution in [3.63, 3.8) is 0 Å². The van der Waals surface area contributed by atoms with E-state index in [-0.39, 0.29) is 12.2 Å². The van der Waals surface area contributed by atoms with Crippen LogP contribution < -0.4 is 10.5 Å². The van der Waals surface area contributed by atoms with Gasteiger partial charge in [0.05, 0.1) is 19.3 Å². The van der Waals surface area contributed by atoms with E-state index in [1.54, 1.807) is 7.11 Å². The number of phenols is 1. The highest BCUT2D eigenvalue weighted by Crippen LogP contribution is 2.40. The summed E-state index contributed by atoms with van der Waals surface area (Å²) in [6.45, 7) is 5.50. The van der Waals surface area contributed by atoms with E-state index in [0.717, 1.165) is 61.3 Å². The third kappa shape index (κ3) is 4.27. The molecule has 2 unspecified atom stereocenters. The number of fused-ring (bicyclic) bond motifs is 1.